The Morgan fingerprint density at radius 3 is 1.05 bits per heavy atom. The molecule has 0 bridgehead atoms. The van der Waals surface area contributed by atoms with Crippen LogP contribution in [0.15, 0.2) is 199 Å². The van der Waals surface area contributed by atoms with Gasteiger partial charge in [-0.05, 0) is 116 Å². The van der Waals surface area contributed by atoms with Crippen LogP contribution in [-0.4, -0.2) is 9.97 Å². The largest absolute Gasteiger partial charge is 0.456 e. The van der Waals surface area contributed by atoms with Crippen LogP contribution in [0.5, 0.6) is 0 Å². The molecule has 4 heteroatoms. The number of hydrogen-bond acceptors (Lipinski definition) is 4. The van der Waals surface area contributed by atoms with Crippen LogP contribution < -0.4 is 0 Å². The predicted octanol–water partition coefficient (Wildman–Crippen LogP) is 14.7. The highest BCUT2D eigenvalue weighted by Crippen LogP contribution is 2.43. The van der Waals surface area contributed by atoms with Crippen LogP contribution in [0, 0.1) is 0 Å². The molecule has 0 amide bonds. The lowest BCUT2D eigenvalue weighted by Crippen LogP contribution is -1.86. The Labute approximate surface area is 327 Å². The molecule has 11 aromatic rings. The fourth-order valence-corrected chi connectivity index (χ4v) is 9.30. The van der Waals surface area contributed by atoms with Crippen LogP contribution in [0.4, 0.5) is 0 Å². The van der Waals surface area contributed by atoms with Gasteiger partial charge in [0.2, 0.25) is 0 Å². The van der Waals surface area contributed by atoms with E-state index < -0.39 is 0 Å². The van der Waals surface area contributed by atoms with E-state index in [2.05, 4.69) is 168 Å². The van der Waals surface area contributed by atoms with Gasteiger partial charge in [-0.2, -0.15) is 0 Å². The van der Waals surface area contributed by atoms with Crippen molar-refractivity contribution in [1.29, 1.82) is 0 Å². The van der Waals surface area contributed by atoms with Crippen molar-refractivity contribution in [3.05, 3.63) is 195 Å². The van der Waals surface area contributed by atoms with Gasteiger partial charge in [0.25, 0.3) is 0 Å². The minimum absolute atomic E-state index is 0.880. The molecule has 7 aromatic carbocycles. The van der Waals surface area contributed by atoms with Crippen molar-refractivity contribution < 1.29 is 4.42 Å². The van der Waals surface area contributed by atoms with E-state index in [1.807, 2.05) is 48.3 Å². The number of fused-ring (bicyclic) bond motifs is 6. The standard InChI is InChI=1S/C52H32N2OS/c1-2-12-40(35-19-23-51-47(29-35)48-30-36(20-24-52(48)56-51)42-14-4-6-16-44(42)38-10-8-26-54-32-38)39(11-1)33-17-21-49-45(27-33)46-28-34(18-22-50(46)55-49)41-13-3-5-15-43(41)37-9-7-25-53-31-37/h1-32H. The Morgan fingerprint density at radius 1 is 0.321 bits per heavy atom. The van der Waals surface area contributed by atoms with Gasteiger partial charge in [-0.1, -0.05) is 109 Å². The molecule has 0 saturated carbocycles. The lowest BCUT2D eigenvalue weighted by molar-refractivity contribution is 0.669. The molecule has 0 saturated heterocycles. The highest BCUT2D eigenvalue weighted by Gasteiger charge is 2.16. The average Bonchev–Trinajstić information content (AvgIpc) is 3.84. The van der Waals surface area contributed by atoms with Crippen molar-refractivity contribution in [2.45, 2.75) is 0 Å². The van der Waals surface area contributed by atoms with Crippen LogP contribution in [0.25, 0.3) is 109 Å². The second-order valence-electron chi connectivity index (χ2n) is 14.2. The Morgan fingerprint density at radius 2 is 0.679 bits per heavy atom. The number of thiophene rings is 1. The fraction of sp³-hybridized carbons (Fsp3) is 0. The van der Waals surface area contributed by atoms with E-state index >= 15 is 0 Å². The minimum Gasteiger partial charge on any atom is -0.456 e. The van der Waals surface area contributed by atoms with Gasteiger partial charge in [0.05, 0.1) is 0 Å². The Balaban J connectivity index is 1.01. The zero-order valence-electron chi connectivity index (χ0n) is 30.2. The number of nitrogens with zero attached hydrogens (tertiary/aromatic N) is 2. The normalized spacial score (nSPS) is 11.6. The van der Waals surface area contributed by atoms with Crippen LogP contribution in [0.2, 0.25) is 0 Å². The van der Waals surface area contributed by atoms with E-state index in [9.17, 15) is 0 Å². The molecule has 0 aliphatic rings. The summed E-state index contributed by atoms with van der Waals surface area (Å²) in [5, 5.41) is 4.75. The summed E-state index contributed by atoms with van der Waals surface area (Å²) < 4.78 is 8.97. The molecule has 11 rings (SSSR count). The highest BCUT2D eigenvalue weighted by molar-refractivity contribution is 7.25. The van der Waals surface area contributed by atoms with Gasteiger partial charge >= 0.3 is 0 Å². The van der Waals surface area contributed by atoms with E-state index in [0.717, 1.165) is 49.8 Å². The number of aromatic nitrogens is 2. The van der Waals surface area contributed by atoms with Gasteiger partial charge in [-0.25, -0.2) is 0 Å². The van der Waals surface area contributed by atoms with Crippen molar-refractivity contribution >= 4 is 53.4 Å². The topological polar surface area (TPSA) is 38.9 Å². The quantitative estimate of drug-likeness (QED) is 0.171. The Kier molecular flexibility index (Phi) is 7.68. The minimum atomic E-state index is 0.880. The number of furan rings is 1. The molecule has 0 N–H and O–H groups in total. The van der Waals surface area contributed by atoms with Crippen molar-refractivity contribution in [2.75, 3.05) is 0 Å². The summed E-state index contributed by atoms with van der Waals surface area (Å²) in [6, 6.07) is 61.1. The molecular formula is C52H32N2OS. The van der Waals surface area contributed by atoms with Gasteiger partial charge in [0.15, 0.2) is 0 Å². The first-order chi connectivity index (χ1) is 27.7. The highest BCUT2D eigenvalue weighted by atomic mass is 32.1. The number of benzene rings is 7. The second-order valence-corrected chi connectivity index (χ2v) is 15.3. The fourth-order valence-electron chi connectivity index (χ4n) is 8.23. The summed E-state index contributed by atoms with van der Waals surface area (Å²) in [5.41, 5.74) is 15.8. The molecule has 4 heterocycles. The first-order valence-electron chi connectivity index (χ1n) is 18.8. The molecule has 0 unspecified atom stereocenters. The van der Waals surface area contributed by atoms with E-state index in [-0.39, 0.29) is 0 Å². The zero-order chi connectivity index (χ0) is 37.0. The summed E-state index contributed by atoms with van der Waals surface area (Å²) in [6.45, 7) is 0. The molecule has 0 aliphatic heterocycles. The van der Waals surface area contributed by atoms with Crippen LogP contribution in [-0.2, 0) is 0 Å². The molecule has 0 aliphatic carbocycles. The third-order valence-corrected chi connectivity index (χ3v) is 12.1. The third kappa shape index (κ3) is 5.50. The molecule has 0 fully saturated rings. The molecule has 56 heavy (non-hydrogen) atoms. The predicted molar refractivity (Wildman–Crippen MR) is 235 cm³/mol. The summed E-state index contributed by atoms with van der Waals surface area (Å²) in [5.74, 6) is 0. The van der Waals surface area contributed by atoms with Crippen LogP contribution in [0.1, 0.15) is 0 Å². The number of rotatable bonds is 6. The molecule has 4 aromatic heterocycles. The van der Waals surface area contributed by atoms with Crippen molar-refractivity contribution in [2.24, 2.45) is 0 Å². The first kappa shape index (κ1) is 32.3. The molecule has 0 radical (unpaired) electrons. The smallest absolute Gasteiger partial charge is 0.135 e. The maximum absolute atomic E-state index is 6.41. The van der Waals surface area contributed by atoms with Crippen molar-refractivity contribution in [3.8, 4) is 66.8 Å². The molecule has 0 atom stereocenters. The van der Waals surface area contributed by atoms with Crippen molar-refractivity contribution in [1.82, 2.24) is 9.97 Å². The summed E-state index contributed by atoms with van der Waals surface area (Å²) >= 11 is 1.85. The van der Waals surface area contributed by atoms with Crippen molar-refractivity contribution in [3.63, 3.8) is 0 Å². The van der Waals surface area contributed by atoms with E-state index in [4.69, 9.17) is 4.42 Å². The lowest BCUT2D eigenvalue weighted by Gasteiger charge is -2.12. The average molecular weight is 733 g/mol. The third-order valence-electron chi connectivity index (χ3n) is 10.9. The van der Waals surface area contributed by atoms with Gasteiger partial charge < -0.3 is 4.42 Å². The monoisotopic (exact) mass is 732 g/mol. The maximum Gasteiger partial charge on any atom is 0.135 e. The Bertz CT molecular complexity index is 3030. The first-order valence-corrected chi connectivity index (χ1v) is 19.6. The molecule has 262 valence electrons. The van der Waals surface area contributed by atoms with E-state index in [1.54, 1.807) is 0 Å². The van der Waals surface area contributed by atoms with Crippen LogP contribution in [0.3, 0.4) is 0 Å². The maximum atomic E-state index is 6.41. The summed E-state index contributed by atoms with van der Waals surface area (Å²) in [6.07, 6.45) is 7.50. The molecule has 0 spiro atoms. The molecular weight excluding hydrogens is 701 g/mol. The summed E-state index contributed by atoms with van der Waals surface area (Å²) in [4.78, 5) is 8.78. The van der Waals surface area contributed by atoms with Gasteiger partial charge in [0, 0.05) is 66.9 Å². The van der Waals surface area contributed by atoms with Crippen LogP contribution >= 0.6 is 11.3 Å². The SMILES string of the molecule is c1cncc(-c2ccccc2-c2ccc3oc4ccc(-c5ccccc5-c5ccc6sc7ccc(-c8ccccc8-c8cccnc8)cc7c6c5)cc4c3c2)c1. The number of hydrogen-bond donors (Lipinski definition) is 0. The molecule has 3 nitrogen and oxygen atoms in total. The van der Waals surface area contributed by atoms with Gasteiger partial charge in [0.1, 0.15) is 11.2 Å². The van der Waals surface area contributed by atoms with E-state index in [0.29, 0.717) is 0 Å². The van der Waals surface area contributed by atoms with Gasteiger partial charge in [-0.3, -0.25) is 9.97 Å². The lowest BCUT2D eigenvalue weighted by atomic mass is 9.92. The zero-order valence-corrected chi connectivity index (χ0v) is 31.0. The second kappa shape index (κ2) is 13.3. The number of pyridine rings is 2. The van der Waals surface area contributed by atoms with E-state index in [1.165, 1.54) is 59.1 Å². The van der Waals surface area contributed by atoms with Gasteiger partial charge in [-0.15, -0.1) is 11.3 Å². The Hall–Kier alpha value is -7.14. The summed E-state index contributed by atoms with van der Waals surface area (Å²) in [7, 11) is 0.